The van der Waals surface area contributed by atoms with E-state index in [1.165, 1.54) is 19.5 Å². The molecule has 1 aliphatic rings. The molecule has 0 aliphatic heterocycles. The second kappa shape index (κ2) is 52.2. The molecule has 0 heteroatoms. The van der Waals surface area contributed by atoms with Crippen molar-refractivity contribution in [3.05, 3.63) is 51.1 Å². The van der Waals surface area contributed by atoms with Gasteiger partial charge in [-0.15, -0.1) is 32.8 Å². The van der Waals surface area contributed by atoms with Crippen LogP contribution in [0.25, 0.3) is 0 Å². The van der Waals surface area contributed by atoms with Crippen LogP contribution in [0.15, 0.2) is 51.1 Å². The molecule has 0 atom stereocenters. The molecule has 1 rings (SSSR count). The van der Waals surface area contributed by atoms with Crippen molar-refractivity contribution in [2.45, 2.75) is 46.4 Å². The summed E-state index contributed by atoms with van der Waals surface area (Å²) in [4.78, 5) is 0. The van der Waals surface area contributed by atoms with E-state index < -0.39 is 0 Å². The molecule has 0 aromatic rings. The van der Waals surface area contributed by atoms with Gasteiger partial charge in [0.15, 0.2) is 0 Å². The molecule has 0 saturated heterocycles. The molecular formula is C15H30. The van der Waals surface area contributed by atoms with Gasteiger partial charge in [-0.3, -0.25) is 0 Å². The maximum Gasteiger partial charge on any atom is 0.0534 e. The molecule has 1 saturated carbocycles. The summed E-state index contributed by atoms with van der Waals surface area (Å²) in [5.41, 5.74) is 0. The number of allylic oxidation sites excluding steroid dienone is 3. The van der Waals surface area contributed by atoms with Gasteiger partial charge in [-0.25, -0.2) is 0 Å². The summed E-state index contributed by atoms with van der Waals surface area (Å²) in [7, 11) is 0. The molecule has 0 spiro atoms. The number of rotatable bonds is 0. The van der Waals surface area contributed by atoms with Crippen molar-refractivity contribution in [3.8, 4) is 0 Å². The van der Waals surface area contributed by atoms with Crippen LogP contribution in [0, 0.1) is 0 Å². The molecule has 0 radical (unpaired) electrons. The summed E-state index contributed by atoms with van der Waals surface area (Å²) in [5.74, 6) is 0. The lowest BCUT2D eigenvalue weighted by molar-refractivity contribution is 0.504. The Labute approximate surface area is 102 Å². The largest absolute Gasteiger partial charge is 0.106 e. The van der Waals surface area contributed by atoms with E-state index in [0.717, 1.165) is 12.8 Å². The van der Waals surface area contributed by atoms with Crippen molar-refractivity contribution in [1.29, 1.82) is 0 Å². The maximum absolute atomic E-state index is 6.91. The van der Waals surface area contributed by atoms with E-state index in [9.17, 15) is 0 Å². The third kappa shape index (κ3) is 178. The quantitative estimate of drug-likeness (QED) is 0.440. The molecule has 0 heterocycles. The molecule has 1 fully saturated rings. The first-order valence-corrected chi connectivity index (χ1v) is 5.12. The first kappa shape index (κ1) is 14.0. The zero-order chi connectivity index (χ0) is 15.2. The third-order valence-electron chi connectivity index (χ3n) is 0.816. The minimum Gasteiger partial charge on any atom is -0.106 e. The predicted molar refractivity (Wildman–Crippen MR) is 77.3 cm³/mol. The van der Waals surface area contributed by atoms with Crippen molar-refractivity contribution < 1.29 is 4.11 Å². The van der Waals surface area contributed by atoms with Gasteiger partial charge in [-0.05, 0) is 20.8 Å². The normalized spacial score (nSPS) is 15.0. The molecule has 1 aliphatic carbocycles. The summed E-state index contributed by atoms with van der Waals surface area (Å²) in [6.45, 7) is 17.4. The highest BCUT2D eigenvalue weighted by Gasteiger charge is 1.95. The molecule has 0 N–H and O–H groups in total. The van der Waals surface area contributed by atoms with E-state index in [-0.39, 0.29) is 0 Å². The molecule has 0 nitrogen and oxygen atoms in total. The maximum atomic E-state index is 6.91. The highest BCUT2D eigenvalue weighted by atomic mass is 14.0. The smallest absolute Gasteiger partial charge is 0.0534 e. The fourth-order valence-corrected chi connectivity index (χ4v) is 0.204. The molecule has 0 aromatic heterocycles. The lowest BCUT2D eigenvalue weighted by atomic mass is 10.0. The fourth-order valence-electron chi connectivity index (χ4n) is 0.204. The Bertz CT molecular complexity index is 153. The zero-order valence-corrected chi connectivity index (χ0v) is 10.7. The first-order chi connectivity index (χ1) is 8.64. The predicted octanol–water partition coefficient (Wildman–Crippen LogP) is 5.94. The Kier molecular flexibility index (Phi) is 48.6. The zero-order valence-electron chi connectivity index (χ0n) is 13.7. The van der Waals surface area contributed by atoms with Crippen molar-refractivity contribution in [1.82, 2.24) is 0 Å². The van der Waals surface area contributed by atoms with Crippen LogP contribution in [0.4, 0.5) is 0 Å². The van der Waals surface area contributed by atoms with Crippen LogP contribution >= 0.6 is 0 Å². The summed E-state index contributed by atoms with van der Waals surface area (Å²) < 4.78 is 19.5. The molecule has 90 valence electrons. The Hall–Kier alpha value is -1.04. The van der Waals surface area contributed by atoms with Gasteiger partial charge in [-0.2, -0.15) is 0 Å². The molecule has 0 aromatic carbocycles. The van der Waals surface area contributed by atoms with E-state index in [0.29, 0.717) is 6.40 Å². The molecule has 15 heavy (non-hydrogen) atoms. The molecule has 0 amide bonds. The molecule has 0 unspecified atom stereocenters. The number of hydrogen-bond donors (Lipinski definition) is 0. The topological polar surface area (TPSA) is 0 Å². The van der Waals surface area contributed by atoms with E-state index >= 15 is 0 Å². The molecular weight excluding hydrogens is 180 g/mol. The van der Waals surface area contributed by atoms with Gasteiger partial charge in [0.25, 0.3) is 0 Å². The Morgan fingerprint density at radius 2 is 1.13 bits per heavy atom. The van der Waals surface area contributed by atoms with Gasteiger partial charge >= 0.3 is 0 Å². The van der Waals surface area contributed by atoms with E-state index in [1.807, 2.05) is 20.8 Å². The lowest BCUT2D eigenvalue weighted by Crippen LogP contribution is -1.85. The second-order valence-electron chi connectivity index (χ2n) is 2.29. The van der Waals surface area contributed by atoms with Crippen LogP contribution in [0.2, 0.25) is 0 Å². The second-order valence-corrected chi connectivity index (χ2v) is 2.29. The van der Waals surface area contributed by atoms with E-state index in [2.05, 4.69) is 19.7 Å². The van der Waals surface area contributed by atoms with E-state index in [1.54, 1.807) is 18.2 Å². The van der Waals surface area contributed by atoms with Crippen LogP contribution in [0.1, 0.15) is 50.5 Å². The summed E-state index contributed by atoms with van der Waals surface area (Å²) in [5, 5.41) is 0. The fraction of sp³-hybridized carbons (Fsp3) is 0.467. The van der Waals surface area contributed by atoms with Gasteiger partial charge in [-0.1, -0.05) is 43.9 Å². The van der Waals surface area contributed by atoms with Gasteiger partial charge in [0.2, 0.25) is 0 Å². The monoisotopic (exact) mass is 216 g/mol. The summed E-state index contributed by atoms with van der Waals surface area (Å²) in [6.07, 6.45) is 9.00. The van der Waals surface area contributed by atoms with Crippen LogP contribution in [0.3, 0.4) is 0 Å². The van der Waals surface area contributed by atoms with Crippen molar-refractivity contribution in [3.63, 3.8) is 0 Å². The first-order valence-electron chi connectivity index (χ1n) is 6.86. The van der Waals surface area contributed by atoms with Gasteiger partial charge in [0.1, 0.15) is 0 Å². The van der Waals surface area contributed by atoms with Crippen LogP contribution in [-0.4, -0.2) is 0 Å². The summed E-state index contributed by atoms with van der Waals surface area (Å²) in [6, 6.07) is 0. The Morgan fingerprint density at radius 3 is 1.13 bits per heavy atom. The van der Waals surface area contributed by atoms with Crippen LogP contribution in [-0.2, 0) is 0 Å². The summed E-state index contributed by atoms with van der Waals surface area (Å²) >= 11 is 0. The van der Waals surface area contributed by atoms with Crippen LogP contribution in [0.5, 0.6) is 0 Å². The van der Waals surface area contributed by atoms with Gasteiger partial charge in [0, 0.05) is 1.37 Å². The van der Waals surface area contributed by atoms with Crippen molar-refractivity contribution >= 4 is 0 Å². The minimum absolute atomic E-state index is 0.315. The van der Waals surface area contributed by atoms with E-state index in [4.69, 9.17) is 4.11 Å². The Balaban J connectivity index is -0.0000000706. The average Bonchev–Trinajstić information content (AvgIpc) is 2.40. The standard InChI is InChI=1S/C4H8.3C3H6.C2H4/c1-2-4-3-1;3*1-3-2;1-2/h1-4H2;3*3H,1H2,2H3;1-2H2/i3*1T;;. The minimum atomic E-state index is 0.315. The molecule has 0 bridgehead atoms. The highest BCUT2D eigenvalue weighted by molar-refractivity contribution is 4.52. The SMILES string of the molecule is C=C.C=CC.[3H]C1CCC1.[3H]C=CC.[3H]C=CC. The number of hydrogen-bond acceptors (Lipinski definition) is 0. The highest BCUT2D eigenvalue weighted by Crippen LogP contribution is 2.15. The van der Waals surface area contributed by atoms with Gasteiger partial charge in [0.05, 0.1) is 2.74 Å². The lowest BCUT2D eigenvalue weighted by Gasteiger charge is -2.05. The third-order valence-corrected chi connectivity index (χ3v) is 0.816. The van der Waals surface area contributed by atoms with Crippen molar-refractivity contribution in [2.24, 2.45) is 0 Å². The van der Waals surface area contributed by atoms with Crippen LogP contribution < -0.4 is 0 Å². The van der Waals surface area contributed by atoms with Crippen molar-refractivity contribution in [2.75, 3.05) is 0 Å². The average molecular weight is 216 g/mol. The van der Waals surface area contributed by atoms with Gasteiger partial charge < -0.3 is 0 Å². The Morgan fingerprint density at radius 1 is 0.933 bits per heavy atom.